The molecule has 1 N–H and O–H groups in total. The van der Waals surface area contributed by atoms with Gasteiger partial charge in [-0.1, -0.05) is 43.3 Å². The van der Waals surface area contributed by atoms with E-state index in [1.165, 1.54) is 16.0 Å². The van der Waals surface area contributed by atoms with Crippen LogP contribution >= 0.6 is 0 Å². The van der Waals surface area contributed by atoms with Gasteiger partial charge in [-0.25, -0.2) is 0 Å². The van der Waals surface area contributed by atoms with E-state index in [-0.39, 0.29) is 30.2 Å². The summed E-state index contributed by atoms with van der Waals surface area (Å²) in [7, 11) is 0. The molecule has 2 aromatic carbocycles. The van der Waals surface area contributed by atoms with E-state index in [0.29, 0.717) is 11.3 Å². The van der Waals surface area contributed by atoms with Crippen LogP contribution in [0.15, 0.2) is 53.7 Å². The highest BCUT2D eigenvalue weighted by molar-refractivity contribution is 5.99. The molecule has 0 aromatic heterocycles. The Hall–Kier alpha value is -3.12. The second-order valence-electron chi connectivity index (χ2n) is 8.33. The molecule has 0 bridgehead atoms. The summed E-state index contributed by atoms with van der Waals surface area (Å²) < 4.78 is 6.15. The van der Waals surface area contributed by atoms with Crippen molar-refractivity contribution >= 4 is 11.9 Å². The highest BCUT2D eigenvalue weighted by atomic mass is 16.5. The van der Waals surface area contributed by atoms with Crippen LogP contribution < -0.4 is 9.84 Å². The Morgan fingerprint density at radius 1 is 1.23 bits per heavy atom. The topological polar surface area (TPSA) is 89.9 Å². The Balaban J connectivity index is 1.47. The Kier molecular flexibility index (Phi) is 4.22. The van der Waals surface area contributed by atoms with Crippen LogP contribution in [0.2, 0.25) is 0 Å². The highest BCUT2D eigenvalue weighted by Gasteiger charge is 2.58. The van der Waals surface area contributed by atoms with Crippen LogP contribution in [-0.2, 0) is 16.0 Å². The lowest BCUT2D eigenvalue weighted by atomic mass is 9.78. The van der Waals surface area contributed by atoms with Gasteiger partial charge in [-0.15, -0.1) is 0 Å². The van der Waals surface area contributed by atoms with Crippen LogP contribution in [0.4, 0.5) is 0 Å². The van der Waals surface area contributed by atoms with Crippen molar-refractivity contribution in [3.05, 3.63) is 64.9 Å². The molecule has 1 fully saturated rings. The second kappa shape index (κ2) is 6.71. The number of nitrogens with zero attached hydrogens (tertiary/aromatic N) is 1. The van der Waals surface area contributed by atoms with Gasteiger partial charge in [-0.2, -0.15) is 0 Å². The van der Waals surface area contributed by atoms with Crippen molar-refractivity contribution in [2.45, 2.75) is 32.4 Å². The maximum absolute atomic E-state index is 12.5. The van der Waals surface area contributed by atoms with E-state index in [1.807, 2.05) is 31.2 Å². The Morgan fingerprint density at radius 3 is 2.70 bits per heavy atom. The van der Waals surface area contributed by atoms with Crippen molar-refractivity contribution in [1.82, 2.24) is 4.90 Å². The number of carboxylic acid groups (broad SMARTS) is 1. The molecule has 0 spiro atoms. The SMILES string of the molecule is CC(O)C1C(=O)N2C(C(=O)[O-])=C(COc3cccc4c3-c3ccccc3C4)[C@H](C)C12. The first-order valence-corrected chi connectivity index (χ1v) is 10.2. The molecule has 2 heterocycles. The van der Waals surface area contributed by atoms with Gasteiger partial charge < -0.3 is 24.6 Å². The zero-order chi connectivity index (χ0) is 21.2. The average Bonchev–Trinajstić information content (AvgIpc) is 3.20. The van der Waals surface area contributed by atoms with Crippen molar-refractivity contribution in [2.75, 3.05) is 6.61 Å². The molecular formula is C24H22NO5-. The summed E-state index contributed by atoms with van der Waals surface area (Å²) in [6.45, 7) is 3.49. The summed E-state index contributed by atoms with van der Waals surface area (Å²) in [6, 6.07) is 13.7. The highest BCUT2D eigenvalue weighted by Crippen LogP contribution is 2.48. The van der Waals surface area contributed by atoms with Gasteiger partial charge in [0.25, 0.3) is 0 Å². The fourth-order valence-electron chi connectivity index (χ4n) is 5.25. The van der Waals surface area contributed by atoms with Crippen molar-refractivity contribution in [3.63, 3.8) is 0 Å². The minimum atomic E-state index is -1.39. The molecule has 1 aliphatic carbocycles. The molecule has 154 valence electrons. The third-order valence-electron chi connectivity index (χ3n) is 6.67. The third-order valence-corrected chi connectivity index (χ3v) is 6.67. The summed E-state index contributed by atoms with van der Waals surface area (Å²) in [4.78, 5) is 25.6. The van der Waals surface area contributed by atoms with Gasteiger partial charge >= 0.3 is 0 Å². The summed E-state index contributed by atoms with van der Waals surface area (Å²) in [5.41, 5.74) is 5.00. The maximum Gasteiger partial charge on any atom is 0.235 e. The monoisotopic (exact) mass is 404 g/mol. The lowest BCUT2D eigenvalue weighted by molar-refractivity contribution is -0.301. The minimum Gasteiger partial charge on any atom is -0.543 e. The largest absolute Gasteiger partial charge is 0.543 e. The quantitative estimate of drug-likeness (QED) is 0.651. The van der Waals surface area contributed by atoms with E-state index in [0.717, 1.165) is 17.5 Å². The second-order valence-corrected chi connectivity index (χ2v) is 8.33. The zero-order valence-electron chi connectivity index (χ0n) is 16.8. The Bertz CT molecular complexity index is 1100. The van der Waals surface area contributed by atoms with Gasteiger partial charge in [-0.3, -0.25) is 4.79 Å². The molecule has 6 heteroatoms. The van der Waals surface area contributed by atoms with Crippen molar-refractivity contribution in [1.29, 1.82) is 0 Å². The number of fused-ring (bicyclic) bond motifs is 4. The Morgan fingerprint density at radius 2 is 1.97 bits per heavy atom. The summed E-state index contributed by atoms with van der Waals surface area (Å²) in [5.74, 6) is -1.89. The molecule has 0 radical (unpaired) electrons. The van der Waals surface area contributed by atoms with Crippen LogP contribution in [0.25, 0.3) is 11.1 Å². The van der Waals surface area contributed by atoms with E-state index in [9.17, 15) is 19.8 Å². The van der Waals surface area contributed by atoms with Crippen molar-refractivity contribution in [3.8, 4) is 16.9 Å². The predicted molar refractivity (Wildman–Crippen MR) is 107 cm³/mol. The number of carbonyl (C=O) groups excluding carboxylic acids is 2. The van der Waals surface area contributed by atoms with Crippen LogP contribution in [0.5, 0.6) is 5.75 Å². The smallest absolute Gasteiger partial charge is 0.235 e. The number of aliphatic hydroxyl groups excluding tert-OH is 1. The number of amides is 1. The van der Waals surface area contributed by atoms with Crippen LogP contribution in [0.1, 0.15) is 25.0 Å². The first-order valence-electron chi connectivity index (χ1n) is 10.2. The van der Waals surface area contributed by atoms with Gasteiger partial charge in [0.2, 0.25) is 5.91 Å². The molecule has 0 saturated carbocycles. The maximum atomic E-state index is 12.5. The first kappa shape index (κ1) is 18.9. The molecule has 5 rings (SSSR count). The molecular weight excluding hydrogens is 382 g/mol. The summed E-state index contributed by atoms with van der Waals surface area (Å²) >= 11 is 0. The lowest BCUT2D eigenvalue weighted by Crippen LogP contribution is -2.64. The Labute approximate surface area is 174 Å². The zero-order valence-corrected chi connectivity index (χ0v) is 16.8. The molecule has 1 saturated heterocycles. The molecule has 30 heavy (non-hydrogen) atoms. The van der Waals surface area contributed by atoms with E-state index >= 15 is 0 Å². The number of aliphatic hydroxyl groups is 1. The summed E-state index contributed by atoms with van der Waals surface area (Å²) in [5, 5.41) is 21.8. The lowest BCUT2D eigenvalue weighted by Gasteiger charge is -2.47. The number of carboxylic acids is 1. The first-order chi connectivity index (χ1) is 14.4. The molecule has 6 nitrogen and oxygen atoms in total. The number of benzene rings is 2. The third kappa shape index (κ3) is 2.53. The summed E-state index contributed by atoms with van der Waals surface area (Å²) in [6.07, 6.45) is 0.00496. The molecule has 2 aliphatic heterocycles. The van der Waals surface area contributed by atoms with Crippen LogP contribution in [0, 0.1) is 11.8 Å². The van der Waals surface area contributed by atoms with Gasteiger partial charge in [0.1, 0.15) is 12.4 Å². The van der Waals surface area contributed by atoms with E-state index in [2.05, 4.69) is 18.2 Å². The van der Waals surface area contributed by atoms with Gasteiger partial charge in [-0.05, 0) is 41.7 Å². The van der Waals surface area contributed by atoms with E-state index in [1.54, 1.807) is 6.92 Å². The number of ether oxygens (including phenoxy) is 1. The van der Waals surface area contributed by atoms with Crippen molar-refractivity contribution < 1.29 is 24.5 Å². The normalized spacial score (nSPS) is 24.8. The number of carbonyl (C=O) groups is 2. The van der Waals surface area contributed by atoms with Crippen LogP contribution in [-0.4, -0.2) is 40.6 Å². The number of hydrogen-bond acceptors (Lipinski definition) is 5. The molecule has 3 unspecified atom stereocenters. The predicted octanol–water partition coefficient (Wildman–Crippen LogP) is 1.50. The van der Waals surface area contributed by atoms with E-state index in [4.69, 9.17) is 4.74 Å². The molecule has 4 atom stereocenters. The number of aliphatic carboxylic acids is 1. The number of β-lactam (4-membered cyclic amide) rings is 1. The fraction of sp³-hybridized carbons (Fsp3) is 0.333. The molecule has 2 aromatic rings. The molecule has 3 aliphatic rings. The average molecular weight is 404 g/mol. The van der Waals surface area contributed by atoms with Gasteiger partial charge in [0.15, 0.2) is 0 Å². The van der Waals surface area contributed by atoms with Crippen LogP contribution in [0.3, 0.4) is 0 Å². The van der Waals surface area contributed by atoms with Gasteiger partial charge in [0.05, 0.1) is 29.7 Å². The van der Waals surface area contributed by atoms with Crippen molar-refractivity contribution in [2.24, 2.45) is 11.8 Å². The molecule has 1 amide bonds. The number of hydrogen-bond donors (Lipinski definition) is 1. The van der Waals surface area contributed by atoms with Gasteiger partial charge in [0, 0.05) is 11.5 Å². The van der Waals surface area contributed by atoms with E-state index < -0.39 is 18.0 Å². The number of rotatable bonds is 5. The fourth-order valence-corrected chi connectivity index (χ4v) is 5.25. The standard InChI is InChI=1S/C24H23NO5/c1-12-17(22(24(28)29)25-21(12)19(13(2)26)23(25)27)11-30-18-9-5-7-15-10-14-6-3-4-8-16(14)20(15)18/h3-9,12-13,19,21,26H,10-11H2,1-2H3,(H,28,29)/p-1/t12-,13?,19?,21?/m0/s1. The minimum absolute atomic E-state index is 0.0515.